The predicted molar refractivity (Wildman–Crippen MR) is 62.9 cm³/mol. The number of hydrogen-bond acceptors (Lipinski definition) is 2. The predicted octanol–water partition coefficient (Wildman–Crippen LogP) is 2.36. The van der Waals surface area contributed by atoms with Crippen molar-refractivity contribution in [3.05, 3.63) is 11.6 Å². The van der Waals surface area contributed by atoms with Gasteiger partial charge in [-0.3, -0.25) is 0 Å². The van der Waals surface area contributed by atoms with Crippen LogP contribution in [0.3, 0.4) is 0 Å². The van der Waals surface area contributed by atoms with E-state index in [0.29, 0.717) is 5.41 Å². The van der Waals surface area contributed by atoms with Crippen molar-refractivity contribution in [2.75, 3.05) is 26.3 Å². The summed E-state index contributed by atoms with van der Waals surface area (Å²) in [6.07, 6.45) is 6.23. The highest BCUT2D eigenvalue weighted by Gasteiger charge is 2.44. The van der Waals surface area contributed by atoms with Crippen LogP contribution in [0.25, 0.3) is 0 Å². The Morgan fingerprint density at radius 3 is 2.80 bits per heavy atom. The molecule has 86 valence electrons. The molecule has 1 heterocycles. The Balaban J connectivity index is 1.68. The minimum Gasteiger partial charge on any atom is -0.377 e. The van der Waals surface area contributed by atoms with Crippen molar-refractivity contribution >= 4 is 0 Å². The first kappa shape index (κ1) is 11.2. The van der Waals surface area contributed by atoms with Gasteiger partial charge in [-0.15, -0.1) is 0 Å². The van der Waals surface area contributed by atoms with Crippen molar-refractivity contribution in [1.29, 1.82) is 0 Å². The zero-order valence-electron chi connectivity index (χ0n) is 10.0. The Morgan fingerprint density at radius 1 is 1.47 bits per heavy atom. The van der Waals surface area contributed by atoms with E-state index in [-0.39, 0.29) is 0 Å². The van der Waals surface area contributed by atoms with Gasteiger partial charge < -0.3 is 10.1 Å². The van der Waals surface area contributed by atoms with Crippen LogP contribution in [0.2, 0.25) is 0 Å². The standard InChI is InChI=1S/C13H23NO/c1-11(2)13(5-6-13)10-14-8-12-4-3-7-15-9-12/h4,11,14H,3,5-10H2,1-2H3. The van der Waals surface area contributed by atoms with Gasteiger partial charge in [0.25, 0.3) is 0 Å². The molecule has 0 spiro atoms. The summed E-state index contributed by atoms with van der Waals surface area (Å²) >= 11 is 0. The summed E-state index contributed by atoms with van der Waals surface area (Å²) in [6, 6.07) is 0. The fourth-order valence-electron chi connectivity index (χ4n) is 2.32. The lowest BCUT2D eigenvalue weighted by atomic mass is 9.92. The second-order valence-electron chi connectivity index (χ2n) is 5.32. The van der Waals surface area contributed by atoms with E-state index in [9.17, 15) is 0 Å². The van der Waals surface area contributed by atoms with Gasteiger partial charge in [0.2, 0.25) is 0 Å². The molecule has 1 N–H and O–H groups in total. The minimum absolute atomic E-state index is 0.621. The third-order valence-electron chi connectivity index (χ3n) is 3.93. The lowest BCUT2D eigenvalue weighted by Gasteiger charge is -2.21. The lowest BCUT2D eigenvalue weighted by molar-refractivity contribution is 0.148. The third-order valence-corrected chi connectivity index (χ3v) is 3.93. The molecule has 0 amide bonds. The molecular weight excluding hydrogens is 186 g/mol. The second-order valence-corrected chi connectivity index (χ2v) is 5.32. The van der Waals surface area contributed by atoms with E-state index < -0.39 is 0 Å². The van der Waals surface area contributed by atoms with Crippen LogP contribution in [-0.4, -0.2) is 26.3 Å². The van der Waals surface area contributed by atoms with Gasteiger partial charge in [-0.2, -0.15) is 0 Å². The number of nitrogens with one attached hydrogen (secondary N) is 1. The summed E-state index contributed by atoms with van der Waals surface area (Å²) in [4.78, 5) is 0. The molecule has 0 saturated heterocycles. The van der Waals surface area contributed by atoms with Crippen molar-refractivity contribution in [3.8, 4) is 0 Å². The summed E-state index contributed by atoms with van der Waals surface area (Å²) in [6.45, 7) is 8.63. The normalized spacial score (nSPS) is 24.1. The summed E-state index contributed by atoms with van der Waals surface area (Å²) in [5.41, 5.74) is 2.05. The van der Waals surface area contributed by atoms with E-state index in [1.54, 1.807) is 0 Å². The molecule has 1 aliphatic carbocycles. The average molecular weight is 209 g/mol. The highest BCUT2D eigenvalue weighted by molar-refractivity contribution is 5.07. The van der Waals surface area contributed by atoms with Crippen LogP contribution in [0.1, 0.15) is 33.1 Å². The van der Waals surface area contributed by atoms with Gasteiger partial charge in [0, 0.05) is 13.1 Å². The lowest BCUT2D eigenvalue weighted by Crippen LogP contribution is -2.30. The topological polar surface area (TPSA) is 21.3 Å². The first-order chi connectivity index (χ1) is 7.23. The van der Waals surface area contributed by atoms with Crippen molar-refractivity contribution < 1.29 is 4.74 Å². The quantitative estimate of drug-likeness (QED) is 0.702. The highest BCUT2D eigenvalue weighted by Crippen LogP contribution is 2.51. The monoisotopic (exact) mass is 209 g/mol. The second kappa shape index (κ2) is 4.67. The maximum atomic E-state index is 5.42. The molecule has 1 saturated carbocycles. The van der Waals surface area contributed by atoms with E-state index in [1.807, 2.05) is 0 Å². The summed E-state index contributed by atoms with van der Waals surface area (Å²) in [5, 5.41) is 3.59. The molecule has 0 aromatic carbocycles. The van der Waals surface area contributed by atoms with E-state index in [2.05, 4.69) is 25.2 Å². The molecule has 2 aliphatic rings. The fraction of sp³-hybridized carbons (Fsp3) is 0.846. The van der Waals surface area contributed by atoms with Crippen LogP contribution >= 0.6 is 0 Å². The summed E-state index contributed by atoms with van der Waals surface area (Å²) < 4.78 is 5.42. The summed E-state index contributed by atoms with van der Waals surface area (Å²) in [5.74, 6) is 0.821. The molecular formula is C13H23NO. The van der Waals surface area contributed by atoms with Crippen LogP contribution in [0.4, 0.5) is 0 Å². The molecule has 0 radical (unpaired) electrons. The van der Waals surface area contributed by atoms with Crippen LogP contribution in [0, 0.1) is 11.3 Å². The Morgan fingerprint density at radius 2 is 2.27 bits per heavy atom. The molecule has 0 bridgehead atoms. The Bertz CT molecular complexity index is 241. The van der Waals surface area contributed by atoms with Crippen LogP contribution in [-0.2, 0) is 4.74 Å². The zero-order valence-corrected chi connectivity index (χ0v) is 10.0. The maximum absolute atomic E-state index is 5.42. The van der Waals surface area contributed by atoms with E-state index in [4.69, 9.17) is 4.74 Å². The maximum Gasteiger partial charge on any atom is 0.0689 e. The van der Waals surface area contributed by atoms with E-state index in [1.165, 1.54) is 25.0 Å². The minimum atomic E-state index is 0.621. The average Bonchev–Trinajstić information content (AvgIpc) is 3.01. The zero-order chi connectivity index (χ0) is 10.7. The van der Waals surface area contributed by atoms with Crippen molar-refractivity contribution in [3.63, 3.8) is 0 Å². The number of ether oxygens (including phenoxy) is 1. The summed E-state index contributed by atoms with van der Waals surface area (Å²) in [7, 11) is 0. The molecule has 0 aromatic rings. The van der Waals surface area contributed by atoms with Crippen LogP contribution in [0.15, 0.2) is 11.6 Å². The fourth-order valence-corrected chi connectivity index (χ4v) is 2.32. The van der Waals surface area contributed by atoms with Gasteiger partial charge in [0.1, 0.15) is 0 Å². The van der Waals surface area contributed by atoms with Crippen LogP contribution in [0.5, 0.6) is 0 Å². The van der Waals surface area contributed by atoms with Gasteiger partial charge in [-0.1, -0.05) is 19.9 Å². The molecule has 0 aromatic heterocycles. The first-order valence-electron chi connectivity index (χ1n) is 6.19. The van der Waals surface area contributed by atoms with Crippen LogP contribution < -0.4 is 5.32 Å². The van der Waals surface area contributed by atoms with E-state index >= 15 is 0 Å². The van der Waals surface area contributed by atoms with Gasteiger partial charge in [0.05, 0.1) is 13.2 Å². The van der Waals surface area contributed by atoms with Crippen molar-refractivity contribution in [2.45, 2.75) is 33.1 Å². The first-order valence-corrected chi connectivity index (χ1v) is 6.19. The van der Waals surface area contributed by atoms with Crippen molar-refractivity contribution in [1.82, 2.24) is 5.32 Å². The SMILES string of the molecule is CC(C)C1(CNCC2=CCCOC2)CC1. The van der Waals surface area contributed by atoms with Crippen molar-refractivity contribution in [2.24, 2.45) is 11.3 Å². The molecule has 0 atom stereocenters. The Kier molecular flexibility index (Phi) is 3.47. The molecule has 1 aliphatic heterocycles. The Labute approximate surface area is 93.1 Å². The highest BCUT2D eigenvalue weighted by atomic mass is 16.5. The molecule has 1 fully saturated rings. The third kappa shape index (κ3) is 2.82. The smallest absolute Gasteiger partial charge is 0.0689 e. The van der Waals surface area contributed by atoms with Gasteiger partial charge in [-0.05, 0) is 36.2 Å². The molecule has 0 unspecified atom stereocenters. The van der Waals surface area contributed by atoms with Gasteiger partial charge in [0.15, 0.2) is 0 Å². The van der Waals surface area contributed by atoms with Gasteiger partial charge >= 0.3 is 0 Å². The number of hydrogen-bond donors (Lipinski definition) is 1. The van der Waals surface area contributed by atoms with E-state index in [0.717, 1.165) is 32.1 Å². The molecule has 2 rings (SSSR count). The largest absolute Gasteiger partial charge is 0.377 e. The van der Waals surface area contributed by atoms with Gasteiger partial charge in [-0.25, -0.2) is 0 Å². The molecule has 2 heteroatoms. The number of rotatable bonds is 5. The molecule has 15 heavy (non-hydrogen) atoms. The molecule has 2 nitrogen and oxygen atoms in total. The Hall–Kier alpha value is -0.340.